The smallest absolute Gasteiger partial charge is 0.272 e. The second kappa shape index (κ2) is 8.52. The van der Waals surface area contributed by atoms with Crippen LogP contribution >= 0.6 is 15.9 Å². The van der Waals surface area contributed by atoms with Crippen LogP contribution < -0.4 is 5.32 Å². The van der Waals surface area contributed by atoms with Crippen LogP contribution in [0.2, 0.25) is 0 Å². The van der Waals surface area contributed by atoms with Gasteiger partial charge < -0.3 is 5.32 Å². The highest BCUT2D eigenvalue weighted by Gasteiger charge is 2.18. The lowest BCUT2D eigenvalue weighted by Crippen LogP contribution is -2.25. The number of amides is 1. The van der Waals surface area contributed by atoms with Crippen LogP contribution in [0, 0.1) is 6.92 Å². The van der Waals surface area contributed by atoms with Crippen molar-refractivity contribution in [2.75, 3.05) is 6.54 Å². The van der Waals surface area contributed by atoms with Crippen LogP contribution in [0.5, 0.6) is 0 Å². The quantitative estimate of drug-likeness (QED) is 0.553. The van der Waals surface area contributed by atoms with Crippen LogP contribution in [0.4, 0.5) is 0 Å². The molecule has 0 aliphatic rings. The minimum absolute atomic E-state index is 0.165. The molecule has 3 aromatic rings. The molecule has 0 unspecified atom stereocenters. The Bertz CT molecular complexity index is 914. The summed E-state index contributed by atoms with van der Waals surface area (Å²) in [4.78, 5) is 12.3. The van der Waals surface area contributed by atoms with Gasteiger partial charge in [-0.25, -0.2) is 4.68 Å². The number of hydrogen-bond donors (Lipinski definition) is 2. The Hall–Kier alpha value is -2.41. The molecule has 0 saturated heterocycles. The van der Waals surface area contributed by atoms with Gasteiger partial charge >= 0.3 is 0 Å². The molecule has 0 atom stereocenters. The minimum atomic E-state index is -0.165. The number of hydrogen-bond acceptors (Lipinski definition) is 3. The molecule has 3 rings (SSSR count). The largest absolute Gasteiger partial charge is 0.351 e. The fourth-order valence-electron chi connectivity index (χ4n) is 2.89. The first-order valence-corrected chi connectivity index (χ1v) is 9.89. The number of carbonyl (C=O) groups is 1. The van der Waals surface area contributed by atoms with Gasteiger partial charge in [-0.2, -0.15) is 10.2 Å². The summed E-state index contributed by atoms with van der Waals surface area (Å²) in [6, 6.07) is 10.1. The van der Waals surface area contributed by atoms with Gasteiger partial charge in [0.25, 0.3) is 5.91 Å². The number of aromatic nitrogens is 4. The third-order valence-electron chi connectivity index (χ3n) is 4.45. The topological polar surface area (TPSA) is 75.6 Å². The number of H-pyrrole nitrogens is 1. The van der Waals surface area contributed by atoms with E-state index in [0.717, 1.165) is 34.4 Å². The van der Waals surface area contributed by atoms with E-state index in [-0.39, 0.29) is 11.8 Å². The van der Waals surface area contributed by atoms with Gasteiger partial charge in [0.2, 0.25) is 0 Å². The van der Waals surface area contributed by atoms with Crippen molar-refractivity contribution < 1.29 is 4.79 Å². The summed E-state index contributed by atoms with van der Waals surface area (Å²) in [5.74, 6) is 0.110. The number of aryl methyl sites for hydroxylation is 2. The molecule has 27 heavy (non-hydrogen) atoms. The van der Waals surface area contributed by atoms with E-state index in [9.17, 15) is 4.79 Å². The predicted octanol–water partition coefficient (Wildman–Crippen LogP) is 4.15. The molecule has 1 aromatic carbocycles. The average molecular weight is 430 g/mol. The molecule has 0 aliphatic heterocycles. The molecule has 0 fully saturated rings. The molecular formula is C20H24BrN5O. The monoisotopic (exact) mass is 429 g/mol. The number of nitrogens with zero attached hydrogens (tertiary/aromatic N) is 3. The second-order valence-corrected chi connectivity index (χ2v) is 7.63. The zero-order valence-corrected chi connectivity index (χ0v) is 17.4. The van der Waals surface area contributed by atoms with Crippen LogP contribution in [0.1, 0.15) is 53.6 Å². The normalized spacial score (nSPS) is 11.1. The fourth-order valence-corrected chi connectivity index (χ4v) is 3.71. The van der Waals surface area contributed by atoms with Crippen LogP contribution in [-0.2, 0) is 6.42 Å². The van der Waals surface area contributed by atoms with Gasteiger partial charge in [-0.1, -0.05) is 32.0 Å². The van der Waals surface area contributed by atoms with E-state index in [2.05, 4.69) is 56.6 Å². The zero-order chi connectivity index (χ0) is 19.4. The molecule has 142 valence electrons. The van der Waals surface area contributed by atoms with Crippen LogP contribution in [-0.4, -0.2) is 32.4 Å². The average Bonchev–Trinajstić information content (AvgIpc) is 3.22. The van der Waals surface area contributed by atoms with Crippen molar-refractivity contribution in [3.05, 3.63) is 63.6 Å². The summed E-state index contributed by atoms with van der Waals surface area (Å²) in [5, 5.41) is 14.6. The van der Waals surface area contributed by atoms with Gasteiger partial charge in [0.05, 0.1) is 21.5 Å². The van der Waals surface area contributed by atoms with E-state index >= 15 is 0 Å². The van der Waals surface area contributed by atoms with Gasteiger partial charge in [0, 0.05) is 12.7 Å². The lowest BCUT2D eigenvalue weighted by atomic mass is 10.1. The van der Waals surface area contributed by atoms with Crippen molar-refractivity contribution in [3.8, 4) is 5.69 Å². The summed E-state index contributed by atoms with van der Waals surface area (Å²) in [6.07, 6.45) is 3.76. The van der Waals surface area contributed by atoms with E-state index < -0.39 is 0 Å². The SMILES string of the molecule is Cc1nn(-c2ccccc2)cc1CCCNC(=O)c1n[nH]c(C(C)C)c1Br. The molecule has 1 amide bonds. The van der Waals surface area contributed by atoms with Gasteiger partial charge in [0.1, 0.15) is 0 Å². The van der Waals surface area contributed by atoms with Gasteiger partial charge in [0.15, 0.2) is 5.69 Å². The summed E-state index contributed by atoms with van der Waals surface area (Å²) >= 11 is 3.47. The molecule has 6 nitrogen and oxygen atoms in total. The van der Waals surface area contributed by atoms with Crippen molar-refractivity contribution in [1.29, 1.82) is 0 Å². The van der Waals surface area contributed by atoms with E-state index in [1.54, 1.807) is 0 Å². The van der Waals surface area contributed by atoms with Crippen molar-refractivity contribution >= 4 is 21.8 Å². The molecule has 2 N–H and O–H groups in total. The summed E-state index contributed by atoms with van der Waals surface area (Å²) in [6.45, 7) is 6.71. The van der Waals surface area contributed by atoms with Gasteiger partial charge in [-0.3, -0.25) is 9.89 Å². The van der Waals surface area contributed by atoms with Crippen LogP contribution in [0.25, 0.3) is 5.69 Å². The van der Waals surface area contributed by atoms with Gasteiger partial charge in [-0.15, -0.1) is 0 Å². The van der Waals surface area contributed by atoms with E-state index in [1.165, 1.54) is 5.56 Å². The highest BCUT2D eigenvalue weighted by Crippen LogP contribution is 2.25. The molecule has 0 bridgehead atoms. The Morgan fingerprint density at radius 2 is 2.04 bits per heavy atom. The Morgan fingerprint density at radius 3 is 2.70 bits per heavy atom. The lowest BCUT2D eigenvalue weighted by molar-refractivity contribution is 0.0947. The number of nitrogens with one attached hydrogen (secondary N) is 2. The Morgan fingerprint density at radius 1 is 1.30 bits per heavy atom. The summed E-state index contributed by atoms with van der Waals surface area (Å²) < 4.78 is 2.65. The first-order valence-electron chi connectivity index (χ1n) is 9.10. The first-order chi connectivity index (χ1) is 13.0. The summed E-state index contributed by atoms with van der Waals surface area (Å²) in [5.41, 5.74) is 4.60. The van der Waals surface area contributed by atoms with E-state index in [4.69, 9.17) is 0 Å². The molecule has 0 radical (unpaired) electrons. The van der Waals surface area contributed by atoms with Crippen molar-refractivity contribution in [1.82, 2.24) is 25.3 Å². The fraction of sp³-hybridized carbons (Fsp3) is 0.350. The predicted molar refractivity (Wildman–Crippen MR) is 109 cm³/mol. The van der Waals surface area contributed by atoms with Crippen molar-refractivity contribution in [2.45, 2.75) is 39.5 Å². The Kier molecular flexibility index (Phi) is 6.11. The molecular weight excluding hydrogens is 406 g/mol. The summed E-state index contributed by atoms with van der Waals surface area (Å²) in [7, 11) is 0. The minimum Gasteiger partial charge on any atom is -0.351 e. The van der Waals surface area contributed by atoms with Crippen molar-refractivity contribution in [3.63, 3.8) is 0 Å². The second-order valence-electron chi connectivity index (χ2n) is 6.83. The highest BCUT2D eigenvalue weighted by atomic mass is 79.9. The van der Waals surface area contributed by atoms with Crippen LogP contribution in [0.15, 0.2) is 41.0 Å². The first kappa shape index (κ1) is 19.4. The third kappa shape index (κ3) is 4.47. The van der Waals surface area contributed by atoms with Gasteiger partial charge in [-0.05, 0) is 59.3 Å². The molecule has 0 saturated carbocycles. The highest BCUT2D eigenvalue weighted by molar-refractivity contribution is 9.10. The zero-order valence-electron chi connectivity index (χ0n) is 15.8. The number of benzene rings is 1. The molecule has 0 spiro atoms. The Balaban J connectivity index is 1.53. The maximum atomic E-state index is 12.3. The Labute approximate surface area is 167 Å². The van der Waals surface area contributed by atoms with Crippen LogP contribution in [0.3, 0.4) is 0 Å². The number of para-hydroxylation sites is 1. The number of aromatic amines is 1. The number of rotatable bonds is 7. The third-order valence-corrected chi connectivity index (χ3v) is 5.26. The molecule has 2 heterocycles. The number of carbonyl (C=O) groups excluding carboxylic acids is 1. The van der Waals surface area contributed by atoms with Crippen molar-refractivity contribution in [2.24, 2.45) is 0 Å². The van der Waals surface area contributed by atoms with E-state index in [1.807, 2.05) is 41.9 Å². The molecule has 2 aromatic heterocycles. The maximum Gasteiger partial charge on any atom is 0.272 e. The number of halogens is 1. The lowest BCUT2D eigenvalue weighted by Gasteiger charge is -2.04. The maximum absolute atomic E-state index is 12.3. The van der Waals surface area contributed by atoms with E-state index in [0.29, 0.717) is 12.2 Å². The molecule has 7 heteroatoms. The molecule has 0 aliphatic carbocycles. The standard InChI is InChI=1S/C20H24BrN5O/c1-13(2)18-17(21)19(24-23-18)20(27)22-11-7-8-15-12-26(25-14(15)3)16-9-5-4-6-10-16/h4-6,9-10,12-13H,7-8,11H2,1-3H3,(H,22,27)(H,23,24).